The second-order valence-electron chi connectivity index (χ2n) is 6.70. The quantitative estimate of drug-likeness (QED) is 0.822. The number of para-hydroxylation sites is 1. The lowest BCUT2D eigenvalue weighted by atomic mass is 10.1. The van der Waals surface area contributed by atoms with Gasteiger partial charge in [-0.3, -0.25) is 9.78 Å². The van der Waals surface area contributed by atoms with Crippen LogP contribution in [-0.2, 0) is 11.3 Å². The first-order valence-corrected chi connectivity index (χ1v) is 9.37. The standard InChI is InChI=1S/C21H27N3O2.ClH/c1-17(26-20-10-3-2-4-11-20)21(25)24(16-18-8-5-6-14-23-18)19-9-7-13-22-15-12-19;/h2-6,8,10-11,14,17,19,22H,7,9,12-13,15-16H2,1H3;1H. The maximum absolute atomic E-state index is 13.2. The summed E-state index contributed by atoms with van der Waals surface area (Å²) in [7, 11) is 0. The molecule has 2 aromatic rings. The molecule has 1 N–H and O–H groups in total. The molecule has 2 unspecified atom stereocenters. The van der Waals surface area contributed by atoms with Crippen molar-refractivity contribution in [2.45, 2.75) is 44.9 Å². The summed E-state index contributed by atoms with van der Waals surface area (Å²) in [6.45, 7) is 4.30. The Morgan fingerprint density at radius 1 is 1.19 bits per heavy atom. The number of benzene rings is 1. The SMILES string of the molecule is CC(Oc1ccccc1)C(=O)N(Cc1ccccn1)C1CCCNCC1.Cl. The van der Waals surface area contributed by atoms with Gasteiger partial charge in [0.05, 0.1) is 12.2 Å². The zero-order valence-electron chi connectivity index (χ0n) is 15.7. The minimum absolute atomic E-state index is 0. The molecule has 146 valence electrons. The number of pyridine rings is 1. The first-order valence-electron chi connectivity index (χ1n) is 9.37. The molecular formula is C21H28ClN3O2. The molecule has 1 amide bonds. The van der Waals surface area contributed by atoms with E-state index in [2.05, 4.69) is 10.3 Å². The number of amides is 1. The van der Waals surface area contributed by atoms with Gasteiger partial charge in [-0.25, -0.2) is 0 Å². The van der Waals surface area contributed by atoms with E-state index in [-0.39, 0.29) is 24.4 Å². The molecule has 3 rings (SSSR count). The van der Waals surface area contributed by atoms with Crippen molar-refractivity contribution in [2.75, 3.05) is 13.1 Å². The molecule has 0 radical (unpaired) electrons. The fraction of sp³-hybridized carbons (Fsp3) is 0.429. The Hall–Kier alpha value is -2.11. The number of ether oxygens (including phenoxy) is 1. The number of carbonyl (C=O) groups is 1. The highest BCUT2D eigenvalue weighted by molar-refractivity contribution is 5.85. The van der Waals surface area contributed by atoms with Crippen LogP contribution in [0.1, 0.15) is 31.9 Å². The van der Waals surface area contributed by atoms with E-state index < -0.39 is 6.10 Å². The largest absolute Gasteiger partial charge is 0.481 e. The number of aromatic nitrogens is 1. The van der Waals surface area contributed by atoms with Gasteiger partial charge in [0.1, 0.15) is 5.75 Å². The number of halogens is 1. The smallest absolute Gasteiger partial charge is 0.263 e. The molecule has 1 aromatic carbocycles. The van der Waals surface area contributed by atoms with Crippen LogP contribution in [0.3, 0.4) is 0 Å². The maximum Gasteiger partial charge on any atom is 0.263 e. The number of nitrogens with one attached hydrogen (secondary N) is 1. The summed E-state index contributed by atoms with van der Waals surface area (Å²) in [6.07, 6.45) is 4.28. The van der Waals surface area contributed by atoms with Crippen LogP contribution in [0.25, 0.3) is 0 Å². The molecular weight excluding hydrogens is 362 g/mol. The predicted octanol–water partition coefficient (Wildman–Crippen LogP) is 3.44. The van der Waals surface area contributed by atoms with Gasteiger partial charge in [0.2, 0.25) is 0 Å². The lowest BCUT2D eigenvalue weighted by Crippen LogP contribution is -2.46. The number of hydrogen-bond acceptors (Lipinski definition) is 4. The maximum atomic E-state index is 13.2. The summed E-state index contributed by atoms with van der Waals surface area (Å²) in [6, 6.07) is 15.6. The summed E-state index contributed by atoms with van der Waals surface area (Å²) >= 11 is 0. The van der Waals surface area contributed by atoms with E-state index >= 15 is 0 Å². The van der Waals surface area contributed by atoms with Crippen molar-refractivity contribution >= 4 is 18.3 Å². The first-order chi connectivity index (χ1) is 12.7. The summed E-state index contributed by atoms with van der Waals surface area (Å²) in [5.41, 5.74) is 0.907. The molecule has 1 aliphatic rings. The van der Waals surface area contributed by atoms with E-state index in [1.165, 1.54) is 0 Å². The van der Waals surface area contributed by atoms with E-state index in [0.717, 1.165) is 38.0 Å². The van der Waals surface area contributed by atoms with Crippen LogP contribution in [0, 0.1) is 0 Å². The highest BCUT2D eigenvalue weighted by Crippen LogP contribution is 2.19. The molecule has 0 aliphatic carbocycles. The van der Waals surface area contributed by atoms with E-state index in [1.54, 1.807) is 6.20 Å². The predicted molar refractivity (Wildman–Crippen MR) is 109 cm³/mol. The van der Waals surface area contributed by atoms with Crippen molar-refractivity contribution in [1.82, 2.24) is 15.2 Å². The third kappa shape index (κ3) is 6.22. The zero-order chi connectivity index (χ0) is 18.2. The van der Waals surface area contributed by atoms with Crippen LogP contribution in [0.15, 0.2) is 54.7 Å². The Kier molecular flexibility index (Phi) is 8.55. The zero-order valence-corrected chi connectivity index (χ0v) is 16.5. The Balaban J connectivity index is 0.00000261. The van der Waals surface area contributed by atoms with Crippen molar-refractivity contribution in [1.29, 1.82) is 0 Å². The highest BCUT2D eigenvalue weighted by atomic mass is 35.5. The molecule has 6 heteroatoms. The molecule has 2 atom stereocenters. The fourth-order valence-electron chi connectivity index (χ4n) is 3.35. The summed E-state index contributed by atoms with van der Waals surface area (Å²) in [4.78, 5) is 19.6. The van der Waals surface area contributed by atoms with Gasteiger partial charge in [-0.2, -0.15) is 0 Å². The molecule has 1 fully saturated rings. The monoisotopic (exact) mass is 389 g/mol. The third-order valence-corrected chi connectivity index (χ3v) is 4.73. The van der Waals surface area contributed by atoms with Gasteiger partial charge in [0.25, 0.3) is 5.91 Å². The molecule has 5 nitrogen and oxygen atoms in total. The van der Waals surface area contributed by atoms with Crippen LogP contribution >= 0.6 is 12.4 Å². The molecule has 27 heavy (non-hydrogen) atoms. The van der Waals surface area contributed by atoms with E-state index in [4.69, 9.17) is 4.74 Å². The molecule has 2 heterocycles. The Labute approximate surface area is 167 Å². The van der Waals surface area contributed by atoms with Crippen molar-refractivity contribution in [3.05, 3.63) is 60.4 Å². The fourth-order valence-corrected chi connectivity index (χ4v) is 3.35. The lowest BCUT2D eigenvalue weighted by molar-refractivity contribution is -0.141. The van der Waals surface area contributed by atoms with Crippen LogP contribution in [-0.4, -0.2) is 41.0 Å². The van der Waals surface area contributed by atoms with E-state index in [1.807, 2.05) is 60.4 Å². The second kappa shape index (κ2) is 10.9. The number of carbonyl (C=O) groups excluding carboxylic acids is 1. The topological polar surface area (TPSA) is 54.5 Å². The molecule has 1 aromatic heterocycles. The van der Waals surface area contributed by atoms with Crippen LogP contribution < -0.4 is 10.1 Å². The first kappa shape index (κ1) is 21.2. The number of hydrogen-bond donors (Lipinski definition) is 1. The summed E-state index contributed by atoms with van der Waals surface area (Å²) in [5.74, 6) is 0.736. The average Bonchev–Trinajstić information content (AvgIpc) is 2.96. The van der Waals surface area contributed by atoms with Crippen molar-refractivity contribution in [3.8, 4) is 5.75 Å². The molecule has 1 aliphatic heterocycles. The van der Waals surface area contributed by atoms with Crippen LogP contribution in [0.5, 0.6) is 5.75 Å². The van der Waals surface area contributed by atoms with Gasteiger partial charge in [0.15, 0.2) is 6.10 Å². The van der Waals surface area contributed by atoms with Gasteiger partial charge < -0.3 is 15.0 Å². The molecule has 0 bridgehead atoms. The summed E-state index contributed by atoms with van der Waals surface area (Å²) < 4.78 is 5.89. The molecule has 1 saturated heterocycles. The number of rotatable bonds is 6. The van der Waals surface area contributed by atoms with Gasteiger partial charge in [0, 0.05) is 12.2 Å². The minimum atomic E-state index is -0.530. The van der Waals surface area contributed by atoms with Crippen molar-refractivity contribution in [3.63, 3.8) is 0 Å². The molecule has 0 spiro atoms. The Morgan fingerprint density at radius 2 is 1.96 bits per heavy atom. The Morgan fingerprint density at radius 3 is 2.70 bits per heavy atom. The Bertz CT molecular complexity index is 676. The van der Waals surface area contributed by atoms with Crippen LogP contribution in [0.4, 0.5) is 0 Å². The van der Waals surface area contributed by atoms with Crippen LogP contribution in [0.2, 0.25) is 0 Å². The number of nitrogens with zero attached hydrogens (tertiary/aromatic N) is 2. The van der Waals surface area contributed by atoms with Gasteiger partial charge in [-0.15, -0.1) is 12.4 Å². The van der Waals surface area contributed by atoms with E-state index in [9.17, 15) is 4.79 Å². The van der Waals surface area contributed by atoms with Gasteiger partial charge >= 0.3 is 0 Å². The average molecular weight is 390 g/mol. The van der Waals surface area contributed by atoms with Crippen molar-refractivity contribution < 1.29 is 9.53 Å². The van der Waals surface area contributed by atoms with Gasteiger partial charge in [-0.05, 0) is 63.5 Å². The van der Waals surface area contributed by atoms with E-state index in [0.29, 0.717) is 12.3 Å². The minimum Gasteiger partial charge on any atom is -0.481 e. The lowest BCUT2D eigenvalue weighted by Gasteiger charge is -2.33. The normalized spacial score (nSPS) is 17.9. The van der Waals surface area contributed by atoms with Gasteiger partial charge in [-0.1, -0.05) is 24.3 Å². The summed E-state index contributed by atoms with van der Waals surface area (Å²) in [5, 5.41) is 3.42. The molecule has 0 saturated carbocycles. The third-order valence-electron chi connectivity index (χ3n) is 4.73. The van der Waals surface area contributed by atoms with Crippen molar-refractivity contribution in [2.24, 2.45) is 0 Å². The highest BCUT2D eigenvalue weighted by Gasteiger charge is 2.29. The second-order valence-corrected chi connectivity index (χ2v) is 6.70.